The molecule has 0 aliphatic carbocycles. The number of anilines is 1. The summed E-state index contributed by atoms with van der Waals surface area (Å²) in [5.74, 6) is -0.131. The predicted octanol–water partition coefficient (Wildman–Crippen LogP) is 2.81. The fourth-order valence-corrected chi connectivity index (χ4v) is 3.18. The van der Waals surface area contributed by atoms with Crippen molar-refractivity contribution in [3.05, 3.63) is 59.2 Å². The average Bonchev–Trinajstić information content (AvgIpc) is 2.49. The first-order chi connectivity index (χ1) is 10.7. The number of sulfonamides is 1. The number of rotatable bonds is 4. The van der Waals surface area contributed by atoms with E-state index in [-0.39, 0.29) is 10.8 Å². The largest absolute Gasteiger partial charge is 0.345 e. The van der Waals surface area contributed by atoms with Crippen molar-refractivity contribution < 1.29 is 13.2 Å². The first-order valence-corrected chi connectivity index (χ1v) is 8.61. The predicted molar refractivity (Wildman–Crippen MR) is 91.2 cm³/mol. The minimum Gasteiger partial charge on any atom is -0.345 e. The Labute approximate surface area is 137 Å². The molecule has 0 aliphatic heterocycles. The average molecular weight is 332 g/mol. The van der Waals surface area contributed by atoms with E-state index in [2.05, 4.69) is 4.72 Å². The van der Waals surface area contributed by atoms with E-state index in [1.54, 1.807) is 56.6 Å². The van der Waals surface area contributed by atoms with Gasteiger partial charge in [0.05, 0.1) is 4.90 Å². The highest BCUT2D eigenvalue weighted by Crippen LogP contribution is 2.19. The van der Waals surface area contributed by atoms with Gasteiger partial charge in [-0.05, 0) is 61.4 Å². The monoisotopic (exact) mass is 332 g/mol. The quantitative estimate of drug-likeness (QED) is 0.936. The number of hydrogen-bond acceptors (Lipinski definition) is 3. The molecule has 2 aromatic carbocycles. The molecule has 2 rings (SSSR count). The van der Waals surface area contributed by atoms with Crippen LogP contribution in [0.5, 0.6) is 0 Å². The van der Waals surface area contributed by atoms with Crippen LogP contribution in [0.1, 0.15) is 21.5 Å². The van der Waals surface area contributed by atoms with Gasteiger partial charge < -0.3 is 4.90 Å². The molecule has 1 amide bonds. The number of benzene rings is 2. The van der Waals surface area contributed by atoms with Gasteiger partial charge in [-0.3, -0.25) is 9.52 Å². The molecule has 1 N–H and O–H groups in total. The van der Waals surface area contributed by atoms with E-state index in [0.29, 0.717) is 11.3 Å². The summed E-state index contributed by atoms with van der Waals surface area (Å²) in [4.78, 5) is 13.5. The van der Waals surface area contributed by atoms with E-state index in [1.165, 1.54) is 4.90 Å². The Hall–Kier alpha value is -2.34. The highest BCUT2D eigenvalue weighted by Gasteiger charge is 2.15. The topological polar surface area (TPSA) is 66.5 Å². The van der Waals surface area contributed by atoms with Gasteiger partial charge in [0.1, 0.15) is 0 Å². The Balaban J connectivity index is 2.23. The van der Waals surface area contributed by atoms with Crippen molar-refractivity contribution in [1.82, 2.24) is 4.90 Å². The van der Waals surface area contributed by atoms with Crippen LogP contribution >= 0.6 is 0 Å². The fourth-order valence-electron chi connectivity index (χ4n) is 2.03. The first kappa shape index (κ1) is 17.0. The molecule has 6 heteroatoms. The molecule has 0 saturated heterocycles. The number of hydrogen-bond donors (Lipinski definition) is 1. The maximum atomic E-state index is 12.4. The van der Waals surface area contributed by atoms with Crippen molar-refractivity contribution in [2.45, 2.75) is 18.7 Å². The molecule has 2 aromatic rings. The van der Waals surface area contributed by atoms with Crippen molar-refractivity contribution in [3.63, 3.8) is 0 Å². The third-order valence-electron chi connectivity index (χ3n) is 3.58. The van der Waals surface area contributed by atoms with Gasteiger partial charge >= 0.3 is 0 Å². The lowest BCUT2D eigenvalue weighted by atomic mass is 10.1. The number of aryl methyl sites for hydroxylation is 2. The summed E-state index contributed by atoms with van der Waals surface area (Å²) in [5.41, 5.74) is 2.87. The van der Waals surface area contributed by atoms with E-state index in [1.807, 2.05) is 13.8 Å². The molecule has 0 aromatic heterocycles. The molecule has 23 heavy (non-hydrogen) atoms. The molecule has 0 spiro atoms. The van der Waals surface area contributed by atoms with Gasteiger partial charge in [-0.1, -0.05) is 6.07 Å². The van der Waals surface area contributed by atoms with Gasteiger partial charge in [0, 0.05) is 25.3 Å². The Morgan fingerprint density at radius 3 is 2.09 bits per heavy atom. The number of nitrogens with one attached hydrogen (secondary N) is 1. The van der Waals surface area contributed by atoms with Crippen LogP contribution in [0.3, 0.4) is 0 Å². The van der Waals surface area contributed by atoms with Gasteiger partial charge in [0.15, 0.2) is 0 Å². The van der Waals surface area contributed by atoms with Crippen LogP contribution in [-0.2, 0) is 10.0 Å². The van der Waals surface area contributed by atoms with E-state index in [4.69, 9.17) is 0 Å². The van der Waals surface area contributed by atoms with Crippen LogP contribution in [0.4, 0.5) is 5.69 Å². The first-order valence-electron chi connectivity index (χ1n) is 7.12. The summed E-state index contributed by atoms with van der Waals surface area (Å²) in [5, 5.41) is 0. The molecular formula is C17H20N2O3S. The molecule has 0 atom stereocenters. The Morgan fingerprint density at radius 2 is 1.57 bits per heavy atom. The molecule has 0 unspecified atom stereocenters. The van der Waals surface area contributed by atoms with Crippen molar-refractivity contribution in [1.29, 1.82) is 0 Å². The standard InChI is InChI=1S/C17H20N2O3S/c1-12-5-10-16(11-13(12)2)23(21,22)18-15-8-6-14(7-9-15)17(20)19(3)4/h5-11,18H,1-4H3. The van der Waals surface area contributed by atoms with Crippen LogP contribution < -0.4 is 4.72 Å². The number of carbonyl (C=O) groups is 1. The summed E-state index contributed by atoms with van der Waals surface area (Å²) in [6.07, 6.45) is 0. The smallest absolute Gasteiger partial charge is 0.261 e. The molecule has 0 saturated carbocycles. The second-order valence-corrected chi connectivity index (χ2v) is 7.31. The summed E-state index contributed by atoms with van der Waals surface area (Å²) >= 11 is 0. The molecule has 0 radical (unpaired) electrons. The van der Waals surface area contributed by atoms with Gasteiger partial charge in [0.25, 0.3) is 15.9 Å². The molecule has 0 bridgehead atoms. The third kappa shape index (κ3) is 3.90. The Kier molecular flexibility index (Phi) is 4.75. The van der Waals surface area contributed by atoms with Crippen LogP contribution in [0.15, 0.2) is 47.4 Å². The lowest BCUT2D eigenvalue weighted by Crippen LogP contribution is -2.21. The molecule has 0 heterocycles. The Bertz CT molecular complexity index is 825. The highest BCUT2D eigenvalue weighted by atomic mass is 32.2. The summed E-state index contributed by atoms with van der Waals surface area (Å²) in [6.45, 7) is 3.80. The Morgan fingerprint density at radius 1 is 0.957 bits per heavy atom. The van der Waals surface area contributed by atoms with E-state index >= 15 is 0 Å². The zero-order chi connectivity index (χ0) is 17.2. The van der Waals surface area contributed by atoms with Crippen LogP contribution in [0, 0.1) is 13.8 Å². The number of amides is 1. The van der Waals surface area contributed by atoms with E-state index < -0.39 is 10.0 Å². The van der Waals surface area contributed by atoms with Gasteiger partial charge in [-0.25, -0.2) is 8.42 Å². The maximum Gasteiger partial charge on any atom is 0.261 e. The lowest BCUT2D eigenvalue weighted by Gasteiger charge is -2.12. The van der Waals surface area contributed by atoms with Crippen molar-refractivity contribution in [3.8, 4) is 0 Å². The number of carbonyl (C=O) groups excluding carboxylic acids is 1. The third-order valence-corrected chi connectivity index (χ3v) is 4.96. The summed E-state index contributed by atoms with van der Waals surface area (Å²) < 4.78 is 27.3. The second kappa shape index (κ2) is 6.42. The van der Waals surface area contributed by atoms with Crippen LogP contribution in [0.25, 0.3) is 0 Å². The molecule has 0 fully saturated rings. The minimum absolute atomic E-state index is 0.131. The zero-order valence-electron chi connectivity index (χ0n) is 13.6. The fraction of sp³-hybridized carbons (Fsp3) is 0.235. The van der Waals surface area contributed by atoms with E-state index in [9.17, 15) is 13.2 Å². The summed E-state index contributed by atoms with van der Waals surface area (Å²) in [7, 11) is -0.317. The highest BCUT2D eigenvalue weighted by molar-refractivity contribution is 7.92. The molecule has 0 aliphatic rings. The minimum atomic E-state index is -3.65. The zero-order valence-corrected chi connectivity index (χ0v) is 14.4. The van der Waals surface area contributed by atoms with Crippen molar-refractivity contribution in [2.24, 2.45) is 0 Å². The molecule has 122 valence electrons. The summed E-state index contributed by atoms with van der Waals surface area (Å²) in [6, 6.07) is 11.4. The van der Waals surface area contributed by atoms with Crippen LogP contribution in [0.2, 0.25) is 0 Å². The van der Waals surface area contributed by atoms with Gasteiger partial charge in [-0.2, -0.15) is 0 Å². The van der Waals surface area contributed by atoms with Gasteiger partial charge in [0.2, 0.25) is 0 Å². The molecular weight excluding hydrogens is 312 g/mol. The van der Waals surface area contributed by atoms with E-state index in [0.717, 1.165) is 11.1 Å². The van der Waals surface area contributed by atoms with Gasteiger partial charge in [-0.15, -0.1) is 0 Å². The SMILES string of the molecule is Cc1ccc(S(=O)(=O)Nc2ccc(C(=O)N(C)C)cc2)cc1C. The second-order valence-electron chi connectivity index (χ2n) is 5.63. The molecule has 5 nitrogen and oxygen atoms in total. The van der Waals surface area contributed by atoms with Crippen molar-refractivity contribution in [2.75, 3.05) is 18.8 Å². The van der Waals surface area contributed by atoms with Crippen molar-refractivity contribution >= 4 is 21.6 Å². The maximum absolute atomic E-state index is 12.4. The van der Waals surface area contributed by atoms with Crippen LogP contribution in [-0.4, -0.2) is 33.3 Å². The number of nitrogens with zero attached hydrogens (tertiary/aromatic N) is 1. The normalized spacial score (nSPS) is 11.1. The lowest BCUT2D eigenvalue weighted by molar-refractivity contribution is 0.0827.